The van der Waals surface area contributed by atoms with Gasteiger partial charge < -0.3 is 4.90 Å². The molecule has 0 N–H and O–H groups in total. The fourth-order valence-electron chi connectivity index (χ4n) is 2.87. The van der Waals surface area contributed by atoms with Crippen molar-refractivity contribution in [1.29, 1.82) is 0 Å². The van der Waals surface area contributed by atoms with Crippen LogP contribution in [0.15, 0.2) is 30.3 Å². The largest absolute Gasteiger partial charge is 0.339 e. The molecule has 1 aliphatic carbocycles. The van der Waals surface area contributed by atoms with Crippen molar-refractivity contribution in [1.82, 2.24) is 4.90 Å². The first-order chi connectivity index (χ1) is 8.25. The van der Waals surface area contributed by atoms with Gasteiger partial charge in [0.05, 0.1) is 0 Å². The Labute approximate surface area is 103 Å². The minimum Gasteiger partial charge on any atom is -0.339 e. The molecule has 1 saturated carbocycles. The highest BCUT2D eigenvalue weighted by atomic mass is 16.2. The highest BCUT2D eigenvalue weighted by Gasteiger charge is 2.39. The van der Waals surface area contributed by atoms with Crippen LogP contribution in [0.3, 0.4) is 0 Å². The van der Waals surface area contributed by atoms with Gasteiger partial charge in [-0.25, -0.2) is 0 Å². The normalized spacial score (nSPS) is 28.4. The molecule has 2 atom stereocenters. The van der Waals surface area contributed by atoms with Crippen molar-refractivity contribution < 1.29 is 4.79 Å². The fourth-order valence-corrected chi connectivity index (χ4v) is 2.87. The van der Waals surface area contributed by atoms with Crippen LogP contribution >= 0.6 is 0 Å². The van der Waals surface area contributed by atoms with Crippen LogP contribution in [0.25, 0.3) is 0 Å². The molecule has 90 valence electrons. The first-order valence-corrected chi connectivity index (χ1v) is 6.61. The third-order valence-corrected chi connectivity index (χ3v) is 4.06. The predicted molar refractivity (Wildman–Crippen MR) is 67.7 cm³/mol. The second-order valence-electron chi connectivity index (χ2n) is 5.46. The molecule has 0 radical (unpaired) electrons. The Bertz CT molecular complexity index is 410. The minimum atomic E-state index is 0.354. The molecule has 1 aromatic carbocycles. The summed E-state index contributed by atoms with van der Waals surface area (Å²) < 4.78 is 0. The van der Waals surface area contributed by atoms with Crippen LogP contribution in [0.4, 0.5) is 0 Å². The average Bonchev–Trinajstić information content (AvgIpc) is 3.13. The summed E-state index contributed by atoms with van der Waals surface area (Å²) in [4.78, 5) is 14.2. The van der Waals surface area contributed by atoms with E-state index in [1.165, 1.54) is 5.56 Å². The van der Waals surface area contributed by atoms with E-state index in [2.05, 4.69) is 42.2 Å². The molecule has 1 aromatic rings. The third kappa shape index (κ3) is 2.08. The Morgan fingerprint density at radius 3 is 2.59 bits per heavy atom. The number of hydrogen-bond acceptors (Lipinski definition) is 1. The van der Waals surface area contributed by atoms with Crippen LogP contribution in [0.2, 0.25) is 0 Å². The van der Waals surface area contributed by atoms with E-state index in [1.54, 1.807) is 0 Å². The zero-order chi connectivity index (χ0) is 11.8. The highest BCUT2D eigenvalue weighted by Crippen LogP contribution is 2.37. The predicted octanol–water partition coefficient (Wildman–Crippen LogP) is 2.80. The first kappa shape index (κ1) is 10.8. The summed E-state index contributed by atoms with van der Waals surface area (Å²) in [5, 5.41) is 0. The number of benzene rings is 1. The molecule has 0 aromatic heterocycles. The summed E-state index contributed by atoms with van der Waals surface area (Å²) in [6.45, 7) is 3.10. The lowest BCUT2D eigenvalue weighted by Gasteiger charge is -2.21. The van der Waals surface area contributed by atoms with Gasteiger partial charge in [-0.15, -0.1) is 0 Å². The van der Waals surface area contributed by atoms with Crippen LogP contribution in [0.5, 0.6) is 0 Å². The molecule has 2 fully saturated rings. The van der Waals surface area contributed by atoms with Gasteiger partial charge in [0.1, 0.15) is 0 Å². The van der Waals surface area contributed by atoms with Gasteiger partial charge in [0.2, 0.25) is 5.91 Å². The summed E-state index contributed by atoms with van der Waals surface area (Å²) in [7, 11) is 0. The van der Waals surface area contributed by atoms with E-state index in [4.69, 9.17) is 0 Å². The summed E-state index contributed by atoms with van der Waals surface area (Å²) in [6.07, 6.45) is 3.33. The molecule has 3 rings (SSSR count). The monoisotopic (exact) mass is 229 g/mol. The maximum Gasteiger partial charge on any atom is 0.225 e. The van der Waals surface area contributed by atoms with Crippen LogP contribution in [0, 0.1) is 5.92 Å². The van der Waals surface area contributed by atoms with Gasteiger partial charge in [0.25, 0.3) is 0 Å². The van der Waals surface area contributed by atoms with Gasteiger partial charge in [0, 0.05) is 24.4 Å². The molecule has 1 aliphatic heterocycles. The minimum absolute atomic E-state index is 0.354. The molecule has 2 unspecified atom stereocenters. The smallest absolute Gasteiger partial charge is 0.225 e. The number of carbonyl (C=O) groups excluding carboxylic acids is 1. The van der Waals surface area contributed by atoms with Crippen molar-refractivity contribution in [2.75, 3.05) is 6.54 Å². The van der Waals surface area contributed by atoms with E-state index in [1.807, 2.05) is 0 Å². The molecule has 2 nitrogen and oxygen atoms in total. The van der Waals surface area contributed by atoms with Crippen LogP contribution in [-0.4, -0.2) is 23.4 Å². The molecule has 0 bridgehead atoms. The number of rotatable bonds is 2. The number of nitrogens with zero attached hydrogens (tertiary/aromatic N) is 1. The molecule has 2 heteroatoms. The van der Waals surface area contributed by atoms with E-state index in [9.17, 15) is 4.79 Å². The van der Waals surface area contributed by atoms with E-state index in [-0.39, 0.29) is 0 Å². The summed E-state index contributed by atoms with van der Waals surface area (Å²) in [5.74, 6) is 1.29. The molecule has 0 spiro atoms. The third-order valence-electron chi connectivity index (χ3n) is 4.06. The SMILES string of the molecule is CC1CC(c2ccccc2)CN1C(=O)C1CC1. The molecule has 1 amide bonds. The summed E-state index contributed by atoms with van der Waals surface area (Å²) in [6, 6.07) is 11.0. The number of amides is 1. The van der Waals surface area contributed by atoms with Crippen molar-refractivity contribution >= 4 is 5.91 Å². The van der Waals surface area contributed by atoms with E-state index in [0.29, 0.717) is 23.8 Å². The Balaban J connectivity index is 1.73. The maximum atomic E-state index is 12.1. The Morgan fingerprint density at radius 1 is 1.24 bits per heavy atom. The Hall–Kier alpha value is -1.31. The van der Waals surface area contributed by atoms with Gasteiger partial charge in [0.15, 0.2) is 0 Å². The van der Waals surface area contributed by atoms with Crippen LogP contribution in [0.1, 0.15) is 37.7 Å². The highest BCUT2D eigenvalue weighted by molar-refractivity contribution is 5.81. The van der Waals surface area contributed by atoms with Crippen molar-refractivity contribution in [3.05, 3.63) is 35.9 Å². The van der Waals surface area contributed by atoms with Crippen molar-refractivity contribution in [3.63, 3.8) is 0 Å². The van der Waals surface area contributed by atoms with Gasteiger partial charge in [-0.1, -0.05) is 30.3 Å². The average molecular weight is 229 g/mol. The second-order valence-corrected chi connectivity index (χ2v) is 5.46. The van der Waals surface area contributed by atoms with Crippen LogP contribution in [-0.2, 0) is 4.79 Å². The quantitative estimate of drug-likeness (QED) is 0.763. The van der Waals surface area contributed by atoms with Crippen LogP contribution < -0.4 is 0 Å². The number of likely N-dealkylation sites (tertiary alicyclic amines) is 1. The molecular formula is C15H19NO. The van der Waals surface area contributed by atoms with Crippen molar-refractivity contribution in [3.8, 4) is 0 Å². The Morgan fingerprint density at radius 2 is 1.94 bits per heavy atom. The Kier molecular flexibility index (Phi) is 2.65. The fraction of sp³-hybridized carbons (Fsp3) is 0.533. The lowest BCUT2D eigenvalue weighted by Crippen LogP contribution is -2.34. The standard InChI is InChI=1S/C15H19NO/c1-11-9-14(12-5-3-2-4-6-12)10-16(11)15(17)13-7-8-13/h2-6,11,13-14H,7-10H2,1H3. The molecule has 17 heavy (non-hydrogen) atoms. The number of hydrogen-bond donors (Lipinski definition) is 0. The van der Waals surface area contributed by atoms with Gasteiger partial charge >= 0.3 is 0 Å². The zero-order valence-electron chi connectivity index (χ0n) is 10.3. The van der Waals surface area contributed by atoms with Gasteiger partial charge in [-0.2, -0.15) is 0 Å². The number of carbonyl (C=O) groups is 1. The molecule has 1 heterocycles. The van der Waals surface area contributed by atoms with Gasteiger partial charge in [-0.3, -0.25) is 4.79 Å². The topological polar surface area (TPSA) is 20.3 Å². The van der Waals surface area contributed by atoms with Gasteiger partial charge in [-0.05, 0) is 31.7 Å². The van der Waals surface area contributed by atoms with E-state index >= 15 is 0 Å². The van der Waals surface area contributed by atoms with E-state index < -0.39 is 0 Å². The van der Waals surface area contributed by atoms with Crippen molar-refractivity contribution in [2.45, 2.75) is 38.1 Å². The summed E-state index contributed by atoms with van der Waals surface area (Å²) in [5.41, 5.74) is 1.38. The zero-order valence-corrected chi connectivity index (χ0v) is 10.3. The molecule has 2 aliphatic rings. The lowest BCUT2D eigenvalue weighted by atomic mass is 9.97. The molecular weight excluding hydrogens is 210 g/mol. The van der Waals surface area contributed by atoms with E-state index in [0.717, 1.165) is 25.8 Å². The van der Waals surface area contributed by atoms with Crippen molar-refractivity contribution in [2.24, 2.45) is 5.92 Å². The first-order valence-electron chi connectivity index (χ1n) is 6.61. The lowest BCUT2D eigenvalue weighted by molar-refractivity contribution is -0.133. The maximum absolute atomic E-state index is 12.1. The second kappa shape index (κ2) is 4.17. The molecule has 1 saturated heterocycles. The summed E-state index contributed by atoms with van der Waals surface area (Å²) >= 11 is 0.